The Hall–Kier alpha value is -0.420. The molecule has 17 heavy (non-hydrogen) atoms. The molecule has 1 aliphatic rings. The van der Waals surface area contributed by atoms with Crippen LogP contribution in [0.5, 0.6) is 0 Å². The van der Waals surface area contributed by atoms with Gasteiger partial charge in [0.15, 0.2) is 0 Å². The van der Waals surface area contributed by atoms with Gasteiger partial charge in [-0.1, -0.05) is 13.0 Å². The Morgan fingerprint density at radius 1 is 1.65 bits per heavy atom. The number of thiophene rings is 1. The quantitative estimate of drug-likeness (QED) is 0.895. The van der Waals surface area contributed by atoms with Crippen LogP contribution in [0.15, 0.2) is 17.5 Å². The number of nitrogens with zero attached hydrogens (tertiary/aromatic N) is 1. The summed E-state index contributed by atoms with van der Waals surface area (Å²) >= 11 is 1.85. The van der Waals surface area contributed by atoms with Crippen molar-refractivity contribution in [1.82, 2.24) is 4.90 Å². The molecule has 1 fully saturated rings. The van der Waals surface area contributed by atoms with Gasteiger partial charge in [-0.05, 0) is 24.8 Å². The first kappa shape index (κ1) is 13.0. The van der Waals surface area contributed by atoms with Crippen molar-refractivity contribution in [2.24, 2.45) is 5.73 Å². The van der Waals surface area contributed by atoms with Gasteiger partial charge in [0.2, 0.25) is 0 Å². The Morgan fingerprint density at radius 2 is 2.47 bits per heavy atom. The Bertz CT molecular complexity index is 326. The molecule has 2 rings (SSSR count). The maximum atomic E-state index is 5.94. The average molecular weight is 254 g/mol. The largest absolute Gasteiger partial charge is 0.374 e. The molecule has 4 heteroatoms. The molecule has 96 valence electrons. The summed E-state index contributed by atoms with van der Waals surface area (Å²) in [6.07, 6.45) is 1.32. The van der Waals surface area contributed by atoms with Crippen LogP contribution in [0.2, 0.25) is 0 Å². The number of rotatable bonds is 4. The molecule has 1 aliphatic heterocycles. The van der Waals surface area contributed by atoms with E-state index in [0.29, 0.717) is 6.04 Å². The third kappa shape index (κ3) is 3.07. The van der Waals surface area contributed by atoms with Crippen LogP contribution in [0.1, 0.15) is 31.2 Å². The molecule has 2 heterocycles. The summed E-state index contributed by atoms with van der Waals surface area (Å²) in [4.78, 5) is 3.97. The number of hydrogen-bond acceptors (Lipinski definition) is 4. The summed E-state index contributed by atoms with van der Waals surface area (Å²) < 4.78 is 5.72. The van der Waals surface area contributed by atoms with Crippen LogP contribution < -0.4 is 5.73 Å². The fraction of sp³-hybridized carbons (Fsp3) is 0.692. The molecule has 0 aliphatic carbocycles. The van der Waals surface area contributed by atoms with Gasteiger partial charge in [-0.15, -0.1) is 11.3 Å². The maximum absolute atomic E-state index is 5.94. The second-order valence-corrected chi connectivity index (χ2v) is 5.68. The average Bonchev–Trinajstić information content (AvgIpc) is 2.84. The van der Waals surface area contributed by atoms with Crippen molar-refractivity contribution in [2.45, 2.75) is 38.5 Å². The third-order valence-corrected chi connectivity index (χ3v) is 4.38. The highest BCUT2D eigenvalue weighted by molar-refractivity contribution is 7.10. The summed E-state index contributed by atoms with van der Waals surface area (Å²) in [5, 5.41) is 2.15. The number of ether oxygens (including phenoxy) is 1. The minimum atomic E-state index is 0.110. The highest BCUT2D eigenvalue weighted by atomic mass is 32.1. The van der Waals surface area contributed by atoms with Gasteiger partial charge >= 0.3 is 0 Å². The first-order valence-corrected chi connectivity index (χ1v) is 7.25. The zero-order valence-corrected chi connectivity index (χ0v) is 11.5. The summed E-state index contributed by atoms with van der Waals surface area (Å²) in [6, 6.07) is 5.00. The normalized spacial score (nSPS) is 25.7. The van der Waals surface area contributed by atoms with Gasteiger partial charge in [-0.2, -0.15) is 0 Å². The zero-order valence-electron chi connectivity index (χ0n) is 10.6. The van der Waals surface area contributed by atoms with Crippen molar-refractivity contribution in [1.29, 1.82) is 0 Å². The Balaban J connectivity index is 2.04. The lowest BCUT2D eigenvalue weighted by molar-refractivity contribution is -0.0522. The minimum absolute atomic E-state index is 0.110. The van der Waals surface area contributed by atoms with Crippen LogP contribution in [-0.4, -0.2) is 36.7 Å². The van der Waals surface area contributed by atoms with E-state index in [4.69, 9.17) is 10.5 Å². The van der Waals surface area contributed by atoms with Gasteiger partial charge in [0, 0.05) is 30.1 Å². The molecule has 1 aromatic rings. The van der Waals surface area contributed by atoms with E-state index in [-0.39, 0.29) is 12.1 Å². The first-order valence-electron chi connectivity index (χ1n) is 6.37. The van der Waals surface area contributed by atoms with Crippen molar-refractivity contribution < 1.29 is 4.74 Å². The lowest BCUT2D eigenvalue weighted by Crippen LogP contribution is -2.50. The van der Waals surface area contributed by atoms with E-state index in [2.05, 4.69) is 29.3 Å². The summed E-state index contributed by atoms with van der Waals surface area (Å²) in [5.74, 6) is 0. The highest BCUT2D eigenvalue weighted by Gasteiger charge is 2.28. The smallest absolute Gasteiger partial charge is 0.0850 e. The number of hydrogen-bond donors (Lipinski definition) is 1. The predicted molar refractivity (Wildman–Crippen MR) is 72.3 cm³/mol. The van der Waals surface area contributed by atoms with Crippen molar-refractivity contribution in [2.75, 3.05) is 19.7 Å². The molecule has 0 amide bonds. The predicted octanol–water partition coefficient (Wildman–Crippen LogP) is 2.25. The number of morpholine rings is 1. The molecule has 1 saturated heterocycles. The van der Waals surface area contributed by atoms with E-state index in [1.165, 1.54) is 4.88 Å². The minimum Gasteiger partial charge on any atom is -0.374 e. The summed E-state index contributed by atoms with van der Waals surface area (Å²) in [5.41, 5.74) is 5.94. The van der Waals surface area contributed by atoms with Gasteiger partial charge in [0.1, 0.15) is 0 Å². The van der Waals surface area contributed by atoms with E-state index >= 15 is 0 Å². The molecule has 3 unspecified atom stereocenters. The molecule has 0 saturated carbocycles. The van der Waals surface area contributed by atoms with Crippen LogP contribution in [0, 0.1) is 0 Å². The van der Waals surface area contributed by atoms with Crippen LogP contribution in [0.4, 0.5) is 0 Å². The van der Waals surface area contributed by atoms with Crippen molar-refractivity contribution in [3.63, 3.8) is 0 Å². The molecule has 3 atom stereocenters. The van der Waals surface area contributed by atoms with Gasteiger partial charge in [0.05, 0.1) is 12.7 Å². The van der Waals surface area contributed by atoms with Crippen LogP contribution in [0.25, 0.3) is 0 Å². The number of nitrogens with two attached hydrogens (primary N) is 1. The molecular weight excluding hydrogens is 232 g/mol. The Kier molecular flexibility index (Phi) is 4.56. The molecule has 3 nitrogen and oxygen atoms in total. The SMILES string of the molecule is CCC(c1cccs1)N1CCOC(C(C)N)C1. The van der Waals surface area contributed by atoms with E-state index in [9.17, 15) is 0 Å². The molecule has 0 bridgehead atoms. The lowest BCUT2D eigenvalue weighted by atomic mass is 10.1. The van der Waals surface area contributed by atoms with E-state index in [0.717, 1.165) is 26.1 Å². The monoisotopic (exact) mass is 254 g/mol. The third-order valence-electron chi connectivity index (χ3n) is 3.41. The maximum Gasteiger partial charge on any atom is 0.0850 e. The van der Waals surface area contributed by atoms with Gasteiger partial charge < -0.3 is 10.5 Å². The van der Waals surface area contributed by atoms with Crippen molar-refractivity contribution >= 4 is 11.3 Å². The van der Waals surface area contributed by atoms with Gasteiger partial charge in [0.25, 0.3) is 0 Å². The van der Waals surface area contributed by atoms with Crippen LogP contribution >= 0.6 is 11.3 Å². The lowest BCUT2D eigenvalue weighted by Gasteiger charge is -2.39. The van der Waals surface area contributed by atoms with E-state index in [1.807, 2.05) is 18.3 Å². The molecule has 0 spiro atoms. The topological polar surface area (TPSA) is 38.5 Å². The molecule has 0 aromatic carbocycles. The second kappa shape index (κ2) is 5.96. The standard InChI is InChI=1S/C13H22N2OS/c1-3-11(13-5-4-8-17-13)15-6-7-16-12(9-15)10(2)14/h4-5,8,10-12H,3,6-7,9,14H2,1-2H3. The van der Waals surface area contributed by atoms with E-state index in [1.54, 1.807) is 0 Å². The Labute approximate surface area is 108 Å². The molecule has 1 aromatic heterocycles. The molecular formula is C13H22N2OS. The molecule has 2 N–H and O–H groups in total. The van der Waals surface area contributed by atoms with Crippen LogP contribution in [-0.2, 0) is 4.74 Å². The Morgan fingerprint density at radius 3 is 3.06 bits per heavy atom. The first-order chi connectivity index (χ1) is 8.22. The van der Waals surface area contributed by atoms with Crippen molar-refractivity contribution in [3.05, 3.63) is 22.4 Å². The van der Waals surface area contributed by atoms with Gasteiger partial charge in [-0.25, -0.2) is 0 Å². The highest BCUT2D eigenvalue weighted by Crippen LogP contribution is 2.29. The fourth-order valence-electron chi connectivity index (χ4n) is 2.42. The van der Waals surface area contributed by atoms with Crippen LogP contribution in [0.3, 0.4) is 0 Å². The second-order valence-electron chi connectivity index (χ2n) is 4.70. The zero-order chi connectivity index (χ0) is 12.3. The van der Waals surface area contributed by atoms with Crippen molar-refractivity contribution in [3.8, 4) is 0 Å². The molecule has 0 radical (unpaired) electrons. The van der Waals surface area contributed by atoms with Gasteiger partial charge in [-0.3, -0.25) is 4.90 Å². The van der Waals surface area contributed by atoms with E-state index < -0.39 is 0 Å². The fourth-order valence-corrected chi connectivity index (χ4v) is 3.36. The summed E-state index contributed by atoms with van der Waals surface area (Å²) in [7, 11) is 0. The summed E-state index contributed by atoms with van der Waals surface area (Å²) in [6.45, 7) is 7.04.